The number of rotatable bonds is 8. The first-order valence-electron chi connectivity index (χ1n) is 19.6. The Hall–Kier alpha value is -7.40. The Morgan fingerprint density at radius 1 is 0.310 bits per heavy atom. The van der Waals surface area contributed by atoms with Gasteiger partial charge in [-0.25, -0.2) is 0 Å². The lowest BCUT2D eigenvalue weighted by molar-refractivity contribution is 0.669. The standard InChI is InChI=1S/C54H36N2OS/c1-4-13-41(14-5-1)55(44-29-23-37(24-30-44)39-28-34-51-48(35-39)46-19-10-11-21-50(46)57-51)45-31-25-38(26-32-45)40-27-33-47-53(36-40)58-52-22-12-20-49(54(47)52)56(42-15-6-2-7-16-42)43-17-8-3-9-18-43/h1-36H. The topological polar surface area (TPSA) is 19.6 Å². The molecule has 2 heterocycles. The number of furan rings is 1. The van der Waals surface area contributed by atoms with Gasteiger partial charge in [-0.3, -0.25) is 0 Å². The maximum atomic E-state index is 6.09. The average molecular weight is 761 g/mol. The highest BCUT2D eigenvalue weighted by molar-refractivity contribution is 7.26. The molecular formula is C54H36N2OS. The largest absolute Gasteiger partial charge is 0.456 e. The van der Waals surface area contributed by atoms with Crippen LogP contribution in [0.15, 0.2) is 223 Å². The minimum atomic E-state index is 0.909. The fourth-order valence-electron chi connectivity index (χ4n) is 8.29. The molecule has 0 aliphatic rings. The SMILES string of the molecule is c1ccc(N(c2ccc(-c3ccc4c(c3)sc3cccc(N(c5ccccc5)c5ccccc5)c34)cc2)c2ccc(-c3ccc4oc5ccccc5c4c3)cc2)cc1. The Labute approximate surface area is 340 Å². The van der Waals surface area contributed by atoms with Crippen molar-refractivity contribution in [2.45, 2.75) is 0 Å². The molecule has 0 saturated heterocycles. The highest BCUT2D eigenvalue weighted by atomic mass is 32.1. The summed E-state index contributed by atoms with van der Waals surface area (Å²) in [5.41, 5.74) is 13.3. The molecule has 0 bridgehead atoms. The van der Waals surface area contributed by atoms with Gasteiger partial charge in [-0.1, -0.05) is 121 Å². The normalized spacial score (nSPS) is 11.4. The highest BCUT2D eigenvalue weighted by Crippen LogP contribution is 2.46. The summed E-state index contributed by atoms with van der Waals surface area (Å²) in [4.78, 5) is 4.69. The quantitative estimate of drug-likeness (QED) is 0.154. The van der Waals surface area contributed by atoms with Crippen LogP contribution in [0.3, 0.4) is 0 Å². The number of thiophene rings is 1. The van der Waals surface area contributed by atoms with E-state index in [0.29, 0.717) is 0 Å². The van der Waals surface area contributed by atoms with Crippen LogP contribution in [0, 0.1) is 0 Å². The van der Waals surface area contributed by atoms with Crippen LogP contribution in [-0.4, -0.2) is 0 Å². The summed E-state index contributed by atoms with van der Waals surface area (Å²) < 4.78 is 8.64. The van der Waals surface area contributed by atoms with Gasteiger partial charge < -0.3 is 14.2 Å². The van der Waals surface area contributed by atoms with Crippen LogP contribution in [0.5, 0.6) is 0 Å². The Kier molecular flexibility index (Phi) is 8.34. The molecule has 58 heavy (non-hydrogen) atoms. The monoisotopic (exact) mass is 760 g/mol. The third-order valence-corrected chi connectivity index (χ3v) is 12.2. The maximum absolute atomic E-state index is 6.09. The molecule has 0 radical (unpaired) electrons. The molecule has 0 aliphatic heterocycles. The molecule has 3 nitrogen and oxygen atoms in total. The van der Waals surface area contributed by atoms with Gasteiger partial charge in [-0.2, -0.15) is 0 Å². The fraction of sp³-hybridized carbons (Fsp3) is 0. The van der Waals surface area contributed by atoms with E-state index >= 15 is 0 Å². The van der Waals surface area contributed by atoms with Crippen LogP contribution in [0.4, 0.5) is 34.1 Å². The fourth-order valence-corrected chi connectivity index (χ4v) is 9.46. The third kappa shape index (κ3) is 5.99. The Balaban J connectivity index is 0.930. The second-order valence-corrected chi connectivity index (χ2v) is 15.6. The third-order valence-electron chi connectivity index (χ3n) is 11.1. The molecule has 0 spiro atoms. The Bertz CT molecular complexity index is 3170. The van der Waals surface area contributed by atoms with Crippen molar-refractivity contribution in [2.24, 2.45) is 0 Å². The molecule has 11 aromatic rings. The van der Waals surface area contributed by atoms with Gasteiger partial charge in [0.15, 0.2) is 0 Å². The molecule has 0 amide bonds. The molecule has 11 rings (SSSR count). The summed E-state index contributed by atoms with van der Waals surface area (Å²) >= 11 is 1.86. The highest BCUT2D eigenvalue weighted by Gasteiger charge is 2.19. The molecular weight excluding hydrogens is 725 g/mol. The van der Waals surface area contributed by atoms with E-state index in [4.69, 9.17) is 4.42 Å². The lowest BCUT2D eigenvalue weighted by Gasteiger charge is -2.26. The zero-order valence-electron chi connectivity index (χ0n) is 31.5. The second kappa shape index (κ2) is 14.3. The van der Waals surface area contributed by atoms with Crippen molar-refractivity contribution >= 4 is 87.6 Å². The van der Waals surface area contributed by atoms with Crippen molar-refractivity contribution in [2.75, 3.05) is 9.80 Å². The van der Waals surface area contributed by atoms with Crippen molar-refractivity contribution in [3.63, 3.8) is 0 Å². The molecule has 274 valence electrons. The molecule has 0 unspecified atom stereocenters. The minimum absolute atomic E-state index is 0.909. The molecule has 4 heteroatoms. The molecule has 0 saturated carbocycles. The lowest BCUT2D eigenvalue weighted by atomic mass is 10.0. The average Bonchev–Trinajstić information content (AvgIpc) is 3.86. The van der Waals surface area contributed by atoms with Crippen LogP contribution in [0.1, 0.15) is 0 Å². The van der Waals surface area contributed by atoms with Crippen LogP contribution in [-0.2, 0) is 0 Å². The van der Waals surface area contributed by atoms with Crippen LogP contribution in [0.2, 0.25) is 0 Å². The van der Waals surface area contributed by atoms with E-state index in [1.165, 1.54) is 37.0 Å². The minimum Gasteiger partial charge on any atom is -0.456 e. The smallest absolute Gasteiger partial charge is 0.135 e. The summed E-state index contributed by atoms with van der Waals surface area (Å²) in [5.74, 6) is 0. The predicted molar refractivity (Wildman–Crippen MR) is 247 cm³/mol. The van der Waals surface area contributed by atoms with Gasteiger partial charge in [-0.15, -0.1) is 11.3 Å². The summed E-state index contributed by atoms with van der Waals surface area (Å²) in [7, 11) is 0. The molecule has 0 N–H and O–H groups in total. The number of anilines is 6. The van der Waals surface area contributed by atoms with E-state index in [9.17, 15) is 0 Å². The first-order valence-corrected chi connectivity index (χ1v) is 20.4. The van der Waals surface area contributed by atoms with Gasteiger partial charge in [0.1, 0.15) is 11.2 Å². The number of benzene rings is 9. The molecule has 0 aliphatic carbocycles. The Morgan fingerprint density at radius 3 is 1.45 bits per heavy atom. The lowest BCUT2D eigenvalue weighted by Crippen LogP contribution is -2.09. The van der Waals surface area contributed by atoms with Crippen molar-refractivity contribution in [3.8, 4) is 22.3 Å². The van der Waals surface area contributed by atoms with Crippen molar-refractivity contribution < 1.29 is 4.42 Å². The number of hydrogen-bond acceptors (Lipinski definition) is 4. The second-order valence-electron chi connectivity index (χ2n) is 14.5. The van der Waals surface area contributed by atoms with E-state index in [-0.39, 0.29) is 0 Å². The van der Waals surface area contributed by atoms with Gasteiger partial charge in [0, 0.05) is 59.4 Å². The first kappa shape index (κ1) is 33.9. The summed E-state index contributed by atoms with van der Waals surface area (Å²) in [6.45, 7) is 0. The van der Waals surface area contributed by atoms with E-state index in [1.54, 1.807) is 0 Å². The molecule has 0 atom stereocenters. The van der Waals surface area contributed by atoms with E-state index in [1.807, 2.05) is 23.5 Å². The number of hydrogen-bond donors (Lipinski definition) is 0. The zero-order chi connectivity index (χ0) is 38.4. The number of nitrogens with zero attached hydrogens (tertiary/aromatic N) is 2. The van der Waals surface area contributed by atoms with Gasteiger partial charge in [0.25, 0.3) is 0 Å². The van der Waals surface area contributed by atoms with Gasteiger partial charge in [0.2, 0.25) is 0 Å². The number of fused-ring (bicyclic) bond motifs is 6. The molecule has 2 aromatic heterocycles. The Morgan fingerprint density at radius 2 is 0.810 bits per heavy atom. The van der Waals surface area contributed by atoms with E-state index in [2.05, 4.69) is 216 Å². The van der Waals surface area contributed by atoms with Crippen molar-refractivity contribution in [3.05, 3.63) is 218 Å². The van der Waals surface area contributed by atoms with Crippen molar-refractivity contribution in [1.82, 2.24) is 0 Å². The van der Waals surface area contributed by atoms with Crippen LogP contribution < -0.4 is 9.80 Å². The summed E-state index contributed by atoms with van der Waals surface area (Å²) in [6, 6.07) is 78.0. The molecule has 0 fully saturated rings. The van der Waals surface area contributed by atoms with Crippen LogP contribution in [0.25, 0.3) is 64.4 Å². The van der Waals surface area contributed by atoms with Gasteiger partial charge in [0.05, 0.1) is 5.69 Å². The summed E-state index contributed by atoms with van der Waals surface area (Å²) in [6.07, 6.45) is 0. The predicted octanol–water partition coefficient (Wildman–Crippen LogP) is 16.2. The van der Waals surface area contributed by atoms with Crippen LogP contribution >= 0.6 is 11.3 Å². The first-order chi connectivity index (χ1) is 28.7. The van der Waals surface area contributed by atoms with E-state index < -0.39 is 0 Å². The van der Waals surface area contributed by atoms with Gasteiger partial charge in [-0.05, 0) is 119 Å². The zero-order valence-corrected chi connectivity index (χ0v) is 32.3. The molecule has 9 aromatic carbocycles. The number of para-hydroxylation sites is 4. The maximum Gasteiger partial charge on any atom is 0.135 e. The van der Waals surface area contributed by atoms with Gasteiger partial charge >= 0.3 is 0 Å². The summed E-state index contributed by atoms with van der Waals surface area (Å²) in [5, 5.41) is 4.82. The van der Waals surface area contributed by atoms with Crippen molar-refractivity contribution in [1.29, 1.82) is 0 Å². The van der Waals surface area contributed by atoms with E-state index in [0.717, 1.165) is 61.5 Å².